The normalized spacial score (nSPS) is 20.1. The second kappa shape index (κ2) is 6.08. The van der Waals surface area contributed by atoms with E-state index in [1.54, 1.807) is 0 Å². The lowest BCUT2D eigenvalue weighted by molar-refractivity contribution is 0.106. The molecule has 1 saturated heterocycles. The first kappa shape index (κ1) is 16.9. The molecular weight excluding hydrogens is 281 g/mol. The summed E-state index contributed by atoms with van der Waals surface area (Å²) < 4.78 is 16.4. The quantitative estimate of drug-likeness (QED) is 0.747. The fourth-order valence-electron chi connectivity index (χ4n) is 1.73. The topological polar surface area (TPSA) is 37.3 Å². The lowest BCUT2D eigenvalue weighted by Crippen LogP contribution is -2.29. The van der Waals surface area contributed by atoms with Crippen LogP contribution >= 0.6 is 6.64 Å². The van der Waals surface area contributed by atoms with Crippen molar-refractivity contribution < 1.29 is 9.05 Å². The zero-order chi connectivity index (χ0) is 14.8. The zero-order valence-electron chi connectivity index (χ0n) is 13.0. The van der Waals surface area contributed by atoms with E-state index in [0.29, 0.717) is 0 Å². The van der Waals surface area contributed by atoms with Crippen LogP contribution in [-0.2, 0) is 20.9 Å². The van der Waals surface area contributed by atoms with Gasteiger partial charge in [-0.2, -0.15) is 4.76 Å². The highest BCUT2D eigenvalue weighted by Crippen LogP contribution is 2.54. The van der Waals surface area contributed by atoms with E-state index in [9.17, 15) is 0 Å². The Morgan fingerprint density at radius 3 is 2.05 bits per heavy atom. The molecule has 0 aliphatic carbocycles. The number of hydrogen-bond acceptors (Lipinski definition) is 3. The van der Waals surface area contributed by atoms with Crippen molar-refractivity contribution in [1.82, 2.24) is 9.80 Å². The number of hydrogen-bond donors (Lipinski definition) is 0. The number of rotatable bonds is 4. The van der Waals surface area contributed by atoms with Gasteiger partial charge in [-0.1, -0.05) is 0 Å². The van der Waals surface area contributed by atoms with Gasteiger partial charge < -0.3 is 18.8 Å². The highest BCUT2D eigenvalue weighted by atomic mass is 32.5. The predicted octanol–water partition coefficient (Wildman–Crippen LogP) is 2.68. The Bertz CT molecular complexity index is 381. The van der Waals surface area contributed by atoms with E-state index in [1.165, 1.54) is 0 Å². The molecule has 0 aromatic carbocycles. The summed E-state index contributed by atoms with van der Waals surface area (Å²) in [5.74, 6) is 0.855. The van der Waals surface area contributed by atoms with Crippen molar-refractivity contribution in [2.75, 3.05) is 27.2 Å². The van der Waals surface area contributed by atoms with Crippen molar-refractivity contribution in [3.05, 3.63) is 0 Å². The molecule has 0 spiro atoms. The second-order valence-electron chi connectivity index (χ2n) is 6.07. The Hall–Kier alpha value is -0.160. The first-order chi connectivity index (χ1) is 8.52. The number of likely N-dealkylation sites (N-methyl/N-ethyl adjacent to an activating group) is 2. The van der Waals surface area contributed by atoms with Crippen LogP contribution in [-0.4, -0.2) is 54.6 Å². The molecule has 7 heteroatoms. The van der Waals surface area contributed by atoms with Gasteiger partial charge in [-0.25, -0.2) is 0 Å². The third-order valence-electron chi connectivity index (χ3n) is 2.40. The Morgan fingerprint density at radius 1 is 1.21 bits per heavy atom. The molecule has 1 heterocycles. The molecule has 0 N–H and O–H groups in total. The van der Waals surface area contributed by atoms with Crippen LogP contribution in [0.3, 0.4) is 0 Å². The molecule has 0 aromatic rings. The van der Waals surface area contributed by atoms with E-state index in [1.807, 2.05) is 48.7 Å². The summed E-state index contributed by atoms with van der Waals surface area (Å²) in [5.41, 5.74) is -0.371. The minimum Gasteiger partial charge on any atom is -0.344 e. The summed E-state index contributed by atoms with van der Waals surface area (Å²) in [6.07, 6.45) is -0.00505. The molecule has 1 atom stereocenters. The summed E-state index contributed by atoms with van der Waals surface area (Å²) in [5, 5.41) is 0. The molecule has 0 bridgehead atoms. The van der Waals surface area contributed by atoms with E-state index < -0.39 is 6.64 Å². The molecule has 1 rings (SSSR count). The van der Waals surface area contributed by atoms with Gasteiger partial charge in [0.05, 0.1) is 11.7 Å². The molecule has 0 aromatic heterocycles. The van der Waals surface area contributed by atoms with Crippen molar-refractivity contribution in [3.63, 3.8) is 0 Å². The molecule has 112 valence electrons. The van der Waals surface area contributed by atoms with Crippen LogP contribution in [0.1, 0.15) is 34.6 Å². The monoisotopic (exact) mass is 307 g/mol. The van der Waals surface area contributed by atoms with Gasteiger partial charge in [0.15, 0.2) is 0 Å². The van der Waals surface area contributed by atoms with Crippen molar-refractivity contribution in [2.24, 2.45) is 4.76 Å². The predicted molar refractivity (Wildman–Crippen MR) is 84.0 cm³/mol. The standard InChI is InChI=1S/C12H26N3O2PS/c1-10(2)16-18(19,17-12(3,4)5)13-11-14(6)8-9-15(11)7/h10H,8-9H2,1-7H3. The molecule has 0 saturated carbocycles. The zero-order valence-corrected chi connectivity index (χ0v) is 14.7. The second-order valence-corrected chi connectivity index (χ2v) is 8.98. The van der Waals surface area contributed by atoms with Gasteiger partial charge in [0.1, 0.15) is 0 Å². The molecular formula is C12H26N3O2PS. The van der Waals surface area contributed by atoms with Crippen molar-refractivity contribution >= 4 is 24.4 Å². The first-order valence-corrected chi connectivity index (χ1v) is 9.13. The molecule has 1 unspecified atom stereocenters. The van der Waals surface area contributed by atoms with E-state index in [0.717, 1.165) is 19.0 Å². The van der Waals surface area contributed by atoms with Crippen LogP contribution in [0.5, 0.6) is 0 Å². The fourth-order valence-corrected chi connectivity index (χ4v) is 5.02. The minimum absolute atomic E-state index is 0.00505. The van der Waals surface area contributed by atoms with Crippen LogP contribution in [0.4, 0.5) is 0 Å². The van der Waals surface area contributed by atoms with Gasteiger partial charge in [-0.05, 0) is 46.4 Å². The summed E-state index contributed by atoms with van der Waals surface area (Å²) in [7, 11) is 4.02. The van der Waals surface area contributed by atoms with Crippen LogP contribution in [0, 0.1) is 0 Å². The maximum absolute atomic E-state index is 5.96. The summed E-state index contributed by atoms with van der Waals surface area (Å²) in [6, 6.07) is 0. The fraction of sp³-hybridized carbons (Fsp3) is 0.917. The molecule has 0 radical (unpaired) electrons. The van der Waals surface area contributed by atoms with Crippen molar-refractivity contribution in [2.45, 2.75) is 46.3 Å². The average molecular weight is 307 g/mol. The van der Waals surface area contributed by atoms with Crippen molar-refractivity contribution in [1.29, 1.82) is 0 Å². The van der Waals surface area contributed by atoms with Crippen molar-refractivity contribution in [3.8, 4) is 0 Å². The minimum atomic E-state index is -2.68. The van der Waals surface area contributed by atoms with Gasteiger partial charge in [0.25, 0.3) is 0 Å². The van der Waals surface area contributed by atoms with Gasteiger partial charge in [0.2, 0.25) is 5.96 Å². The highest BCUT2D eigenvalue weighted by molar-refractivity contribution is 8.09. The molecule has 0 amide bonds. The Kier molecular flexibility index (Phi) is 5.41. The third-order valence-corrected chi connectivity index (χ3v) is 5.02. The molecule has 1 fully saturated rings. The van der Waals surface area contributed by atoms with Gasteiger partial charge in [-0.15, -0.1) is 0 Å². The SMILES string of the molecule is CC(C)OP(=S)(N=C1N(C)CCN1C)OC(C)(C)C. The third kappa shape index (κ3) is 5.38. The van der Waals surface area contributed by atoms with E-state index in [4.69, 9.17) is 20.9 Å². The Morgan fingerprint density at radius 2 is 1.68 bits per heavy atom. The summed E-state index contributed by atoms with van der Waals surface area (Å²) in [6.45, 7) is 9.03. The smallest absolute Gasteiger partial charge is 0.312 e. The largest absolute Gasteiger partial charge is 0.344 e. The van der Waals surface area contributed by atoms with Crippen LogP contribution in [0.25, 0.3) is 0 Å². The Balaban J connectivity index is 3.04. The lowest BCUT2D eigenvalue weighted by Gasteiger charge is -2.29. The maximum Gasteiger partial charge on any atom is 0.312 e. The van der Waals surface area contributed by atoms with Crippen LogP contribution < -0.4 is 0 Å². The van der Waals surface area contributed by atoms with E-state index in [-0.39, 0.29) is 11.7 Å². The van der Waals surface area contributed by atoms with Crippen LogP contribution in [0.15, 0.2) is 4.76 Å². The lowest BCUT2D eigenvalue weighted by atomic mass is 10.2. The molecule has 5 nitrogen and oxygen atoms in total. The number of guanidine groups is 1. The van der Waals surface area contributed by atoms with Crippen LogP contribution in [0.2, 0.25) is 0 Å². The number of nitrogens with zero attached hydrogens (tertiary/aromatic N) is 3. The molecule has 19 heavy (non-hydrogen) atoms. The first-order valence-electron chi connectivity index (χ1n) is 6.54. The molecule has 1 aliphatic heterocycles. The average Bonchev–Trinajstić information content (AvgIpc) is 2.44. The summed E-state index contributed by atoms with van der Waals surface area (Å²) in [4.78, 5) is 4.16. The molecule has 1 aliphatic rings. The van der Waals surface area contributed by atoms with Gasteiger partial charge in [0, 0.05) is 27.2 Å². The van der Waals surface area contributed by atoms with Gasteiger partial charge in [-0.3, -0.25) is 0 Å². The van der Waals surface area contributed by atoms with E-state index in [2.05, 4.69) is 14.6 Å². The highest BCUT2D eigenvalue weighted by Gasteiger charge is 2.31. The summed E-state index contributed by atoms with van der Waals surface area (Å²) >= 11 is 5.59. The Labute approximate surface area is 122 Å². The van der Waals surface area contributed by atoms with Gasteiger partial charge >= 0.3 is 6.64 Å². The maximum atomic E-state index is 5.96. The van der Waals surface area contributed by atoms with E-state index >= 15 is 0 Å².